The summed E-state index contributed by atoms with van der Waals surface area (Å²) in [6.07, 6.45) is 2.02. The average Bonchev–Trinajstić information content (AvgIpc) is 3.08. The molecule has 1 aliphatic heterocycles. The molecular weight excluding hydrogens is 312 g/mol. The Balaban J connectivity index is 1.65. The number of benzene rings is 1. The standard InChI is InChI=1S/C16H16N4O2S/c1-21-11-4-2-10(3-5-11)6-20-7-12-13(19-20)8-22-9-14-15(12)18-16(17)23-14/h2-5,7H,6,8-9H2,1H3,(H2,17,18). The fourth-order valence-electron chi connectivity index (χ4n) is 2.68. The molecule has 1 aromatic carbocycles. The fourth-order valence-corrected chi connectivity index (χ4v) is 3.47. The van der Waals surface area contributed by atoms with Crippen molar-refractivity contribution in [2.75, 3.05) is 12.8 Å². The van der Waals surface area contributed by atoms with E-state index in [1.54, 1.807) is 7.11 Å². The van der Waals surface area contributed by atoms with Crippen LogP contribution in [-0.2, 0) is 24.5 Å². The molecule has 0 amide bonds. The van der Waals surface area contributed by atoms with Crippen molar-refractivity contribution in [3.05, 3.63) is 46.6 Å². The molecule has 0 saturated heterocycles. The highest BCUT2D eigenvalue weighted by molar-refractivity contribution is 7.15. The summed E-state index contributed by atoms with van der Waals surface area (Å²) in [5, 5.41) is 5.21. The smallest absolute Gasteiger partial charge is 0.180 e. The van der Waals surface area contributed by atoms with Crippen molar-refractivity contribution in [3.63, 3.8) is 0 Å². The normalized spacial score (nSPS) is 13.3. The van der Waals surface area contributed by atoms with Gasteiger partial charge >= 0.3 is 0 Å². The van der Waals surface area contributed by atoms with E-state index in [0.717, 1.165) is 33.1 Å². The van der Waals surface area contributed by atoms with Gasteiger partial charge in [-0.05, 0) is 17.7 Å². The minimum Gasteiger partial charge on any atom is -0.497 e. The molecule has 0 unspecified atom stereocenters. The summed E-state index contributed by atoms with van der Waals surface area (Å²) in [6.45, 7) is 1.72. The van der Waals surface area contributed by atoms with Gasteiger partial charge in [0.2, 0.25) is 0 Å². The third-order valence-corrected chi connectivity index (χ3v) is 4.64. The lowest BCUT2D eigenvalue weighted by Gasteiger charge is -2.04. The van der Waals surface area contributed by atoms with E-state index < -0.39 is 0 Å². The summed E-state index contributed by atoms with van der Waals surface area (Å²) in [5.74, 6) is 0.848. The van der Waals surface area contributed by atoms with Gasteiger partial charge in [-0.1, -0.05) is 23.5 Å². The van der Waals surface area contributed by atoms with E-state index in [1.165, 1.54) is 11.3 Å². The second kappa shape index (κ2) is 5.68. The highest BCUT2D eigenvalue weighted by Crippen LogP contribution is 2.35. The first-order valence-corrected chi connectivity index (χ1v) is 8.07. The molecule has 3 heterocycles. The van der Waals surface area contributed by atoms with Crippen LogP contribution in [0.5, 0.6) is 5.75 Å². The number of nitrogen functional groups attached to an aromatic ring is 1. The number of hydrogen-bond donors (Lipinski definition) is 1. The third kappa shape index (κ3) is 2.69. The summed E-state index contributed by atoms with van der Waals surface area (Å²) >= 11 is 1.48. The Kier molecular flexibility index (Phi) is 3.51. The molecule has 2 aromatic heterocycles. The number of anilines is 1. The highest BCUT2D eigenvalue weighted by Gasteiger charge is 2.22. The van der Waals surface area contributed by atoms with E-state index in [9.17, 15) is 0 Å². The molecule has 118 valence electrons. The summed E-state index contributed by atoms with van der Waals surface area (Å²) in [6, 6.07) is 7.97. The Morgan fingerprint density at radius 1 is 1.30 bits per heavy atom. The van der Waals surface area contributed by atoms with Gasteiger partial charge in [-0.15, -0.1) is 0 Å². The van der Waals surface area contributed by atoms with Gasteiger partial charge in [-0.25, -0.2) is 4.98 Å². The van der Waals surface area contributed by atoms with Crippen LogP contribution in [0.3, 0.4) is 0 Å². The quantitative estimate of drug-likeness (QED) is 0.800. The predicted molar refractivity (Wildman–Crippen MR) is 88.3 cm³/mol. The monoisotopic (exact) mass is 328 g/mol. The van der Waals surface area contributed by atoms with E-state index >= 15 is 0 Å². The van der Waals surface area contributed by atoms with Gasteiger partial charge in [0.1, 0.15) is 5.75 Å². The van der Waals surface area contributed by atoms with Crippen LogP contribution in [0, 0.1) is 0 Å². The van der Waals surface area contributed by atoms with Crippen molar-refractivity contribution in [3.8, 4) is 17.0 Å². The molecule has 23 heavy (non-hydrogen) atoms. The molecule has 6 nitrogen and oxygen atoms in total. The maximum atomic E-state index is 5.84. The van der Waals surface area contributed by atoms with Gasteiger partial charge < -0.3 is 15.2 Å². The van der Waals surface area contributed by atoms with Crippen molar-refractivity contribution >= 4 is 16.5 Å². The molecule has 0 saturated carbocycles. The second-order valence-corrected chi connectivity index (χ2v) is 6.47. The Morgan fingerprint density at radius 2 is 2.13 bits per heavy atom. The van der Waals surface area contributed by atoms with Crippen LogP contribution in [0.15, 0.2) is 30.5 Å². The number of fused-ring (bicyclic) bond motifs is 3. The van der Waals surface area contributed by atoms with Crippen LogP contribution < -0.4 is 10.5 Å². The minimum atomic E-state index is 0.494. The van der Waals surface area contributed by atoms with Crippen molar-refractivity contribution in [2.45, 2.75) is 19.8 Å². The van der Waals surface area contributed by atoms with Gasteiger partial charge in [-0.3, -0.25) is 4.68 Å². The number of nitrogens with zero attached hydrogens (tertiary/aromatic N) is 3. The van der Waals surface area contributed by atoms with Gasteiger partial charge in [0.05, 0.1) is 43.1 Å². The van der Waals surface area contributed by atoms with Crippen LogP contribution in [0.4, 0.5) is 5.13 Å². The topological polar surface area (TPSA) is 75.2 Å². The zero-order valence-corrected chi connectivity index (χ0v) is 13.5. The zero-order chi connectivity index (χ0) is 15.8. The molecule has 0 radical (unpaired) electrons. The summed E-state index contributed by atoms with van der Waals surface area (Å²) in [7, 11) is 1.66. The number of methoxy groups -OCH3 is 1. The number of hydrogen-bond acceptors (Lipinski definition) is 6. The Labute approximate surface area is 137 Å². The van der Waals surface area contributed by atoms with Crippen LogP contribution in [0.2, 0.25) is 0 Å². The largest absolute Gasteiger partial charge is 0.497 e. The van der Waals surface area contributed by atoms with E-state index in [-0.39, 0.29) is 0 Å². The molecule has 4 rings (SSSR count). The lowest BCUT2D eigenvalue weighted by atomic mass is 10.2. The first-order valence-electron chi connectivity index (χ1n) is 7.25. The fraction of sp³-hybridized carbons (Fsp3) is 0.250. The maximum absolute atomic E-state index is 5.84. The van der Waals surface area contributed by atoms with Crippen molar-refractivity contribution in [1.82, 2.24) is 14.8 Å². The molecule has 0 spiro atoms. The summed E-state index contributed by atoms with van der Waals surface area (Å²) < 4.78 is 12.8. The first kappa shape index (κ1) is 14.2. The Hall–Kier alpha value is -2.38. The number of nitrogens with two attached hydrogens (primary N) is 1. The molecule has 0 atom stereocenters. The third-order valence-electron chi connectivity index (χ3n) is 3.78. The number of ether oxygens (including phenoxy) is 2. The van der Waals surface area contributed by atoms with Crippen molar-refractivity contribution in [2.24, 2.45) is 0 Å². The number of aromatic nitrogens is 3. The molecule has 2 N–H and O–H groups in total. The van der Waals surface area contributed by atoms with Gasteiger partial charge in [-0.2, -0.15) is 5.10 Å². The minimum absolute atomic E-state index is 0.494. The lowest BCUT2D eigenvalue weighted by Crippen LogP contribution is -2.02. The number of rotatable bonds is 3. The molecular formula is C16H16N4O2S. The van der Waals surface area contributed by atoms with E-state index in [4.69, 9.17) is 15.2 Å². The number of thiazole rings is 1. The average molecular weight is 328 g/mol. The van der Waals surface area contributed by atoms with Gasteiger partial charge in [0.25, 0.3) is 0 Å². The molecule has 0 bridgehead atoms. The highest BCUT2D eigenvalue weighted by atomic mass is 32.1. The second-order valence-electron chi connectivity index (χ2n) is 5.35. The van der Waals surface area contributed by atoms with Crippen LogP contribution >= 0.6 is 11.3 Å². The van der Waals surface area contributed by atoms with Crippen molar-refractivity contribution in [1.29, 1.82) is 0 Å². The van der Waals surface area contributed by atoms with E-state index in [1.807, 2.05) is 35.1 Å². The zero-order valence-electron chi connectivity index (χ0n) is 12.7. The SMILES string of the molecule is COc1ccc(Cn2cc3c(n2)COCc2sc(N)nc2-3)cc1. The van der Waals surface area contributed by atoms with Crippen LogP contribution in [0.1, 0.15) is 16.1 Å². The molecule has 1 aliphatic rings. The first-order chi connectivity index (χ1) is 11.2. The molecule has 3 aromatic rings. The summed E-state index contributed by atoms with van der Waals surface area (Å²) in [5.41, 5.74) is 9.81. The Bertz CT molecular complexity index is 838. The van der Waals surface area contributed by atoms with Crippen LogP contribution in [0.25, 0.3) is 11.3 Å². The lowest BCUT2D eigenvalue weighted by molar-refractivity contribution is 0.108. The van der Waals surface area contributed by atoms with E-state index in [0.29, 0.717) is 24.9 Å². The van der Waals surface area contributed by atoms with Gasteiger partial charge in [0.15, 0.2) is 5.13 Å². The predicted octanol–water partition coefficient (Wildman–Crippen LogP) is 2.68. The molecule has 0 aliphatic carbocycles. The van der Waals surface area contributed by atoms with Gasteiger partial charge in [0, 0.05) is 11.8 Å². The molecule has 0 fully saturated rings. The van der Waals surface area contributed by atoms with E-state index in [2.05, 4.69) is 10.1 Å². The summed E-state index contributed by atoms with van der Waals surface area (Å²) in [4.78, 5) is 5.50. The van der Waals surface area contributed by atoms with Crippen LogP contribution in [-0.4, -0.2) is 21.9 Å². The Morgan fingerprint density at radius 3 is 2.91 bits per heavy atom. The van der Waals surface area contributed by atoms with Crippen molar-refractivity contribution < 1.29 is 9.47 Å². The molecule has 7 heteroatoms. The maximum Gasteiger partial charge on any atom is 0.180 e.